The number of amides is 1. The summed E-state index contributed by atoms with van der Waals surface area (Å²) in [6.07, 6.45) is 5.67. The number of aliphatic hydroxyl groups is 1. The summed E-state index contributed by atoms with van der Waals surface area (Å²) in [5.74, 6) is -0.420. The lowest BCUT2D eigenvalue weighted by molar-refractivity contribution is -0.128. The van der Waals surface area contributed by atoms with Gasteiger partial charge in [-0.15, -0.1) is 0 Å². The van der Waals surface area contributed by atoms with Crippen molar-refractivity contribution < 1.29 is 18.3 Å². The van der Waals surface area contributed by atoms with Crippen molar-refractivity contribution in [2.24, 2.45) is 5.92 Å². The van der Waals surface area contributed by atoms with Crippen LogP contribution in [-0.2, 0) is 14.8 Å². The van der Waals surface area contributed by atoms with Crippen molar-refractivity contribution in [1.82, 2.24) is 9.62 Å². The van der Waals surface area contributed by atoms with E-state index in [1.807, 2.05) is 0 Å². The number of carbonyl (C=O) groups excluding carboxylic acids is 1. The number of hydrogen-bond donors (Lipinski definition) is 2. The number of hydrogen-bond acceptors (Lipinski definition) is 4. The Kier molecular flexibility index (Phi) is 5.04. The van der Waals surface area contributed by atoms with Gasteiger partial charge in [0.1, 0.15) is 0 Å². The Bertz CT molecular complexity index is 451. The van der Waals surface area contributed by atoms with Gasteiger partial charge < -0.3 is 10.4 Å². The van der Waals surface area contributed by atoms with E-state index < -0.39 is 16.1 Å². The number of aliphatic hydroxyl groups excluding tert-OH is 1. The third kappa shape index (κ3) is 3.93. The van der Waals surface area contributed by atoms with E-state index in [-0.39, 0.29) is 24.4 Å². The van der Waals surface area contributed by atoms with Gasteiger partial charge in [-0.1, -0.05) is 12.8 Å². The van der Waals surface area contributed by atoms with Crippen molar-refractivity contribution in [3.8, 4) is 0 Å². The van der Waals surface area contributed by atoms with Crippen LogP contribution in [0.3, 0.4) is 0 Å². The number of nitrogens with one attached hydrogen (secondary N) is 1. The van der Waals surface area contributed by atoms with Crippen LogP contribution in [0.4, 0.5) is 0 Å². The number of nitrogens with zero attached hydrogens (tertiary/aromatic N) is 1. The van der Waals surface area contributed by atoms with E-state index in [0.717, 1.165) is 25.7 Å². The molecule has 2 rings (SSSR count). The molecule has 0 spiro atoms. The molecule has 1 aliphatic heterocycles. The lowest BCUT2D eigenvalue weighted by Gasteiger charge is -2.33. The second kappa shape index (κ2) is 6.41. The van der Waals surface area contributed by atoms with Crippen LogP contribution in [0.1, 0.15) is 38.5 Å². The van der Waals surface area contributed by atoms with Crippen molar-refractivity contribution in [1.29, 1.82) is 0 Å². The SMILES string of the molecule is CS(=O)(=O)N1CCCC(C(=O)NC2CCCCC2O)C1. The minimum absolute atomic E-state index is 0.121. The molecule has 1 saturated carbocycles. The maximum Gasteiger partial charge on any atom is 0.224 e. The van der Waals surface area contributed by atoms with Gasteiger partial charge in [0.05, 0.1) is 24.3 Å². The number of piperidine rings is 1. The molecule has 2 fully saturated rings. The summed E-state index contributed by atoms with van der Waals surface area (Å²) >= 11 is 0. The topological polar surface area (TPSA) is 86.7 Å². The average molecular weight is 304 g/mol. The summed E-state index contributed by atoms with van der Waals surface area (Å²) in [5.41, 5.74) is 0. The summed E-state index contributed by atoms with van der Waals surface area (Å²) < 4.78 is 24.5. The number of sulfonamides is 1. The molecule has 7 heteroatoms. The smallest absolute Gasteiger partial charge is 0.224 e. The Morgan fingerprint density at radius 2 is 1.90 bits per heavy atom. The number of rotatable bonds is 3. The lowest BCUT2D eigenvalue weighted by atomic mass is 9.91. The molecule has 0 bridgehead atoms. The van der Waals surface area contributed by atoms with Gasteiger partial charge in [-0.2, -0.15) is 0 Å². The predicted molar refractivity (Wildman–Crippen MR) is 75.5 cm³/mol. The fourth-order valence-electron chi connectivity index (χ4n) is 3.04. The van der Waals surface area contributed by atoms with E-state index in [9.17, 15) is 18.3 Å². The maximum absolute atomic E-state index is 12.2. The molecule has 1 heterocycles. The molecular weight excluding hydrogens is 280 g/mol. The molecule has 0 aromatic rings. The average Bonchev–Trinajstić information content (AvgIpc) is 2.40. The van der Waals surface area contributed by atoms with E-state index in [1.54, 1.807) is 0 Å². The molecule has 6 nitrogen and oxygen atoms in total. The van der Waals surface area contributed by atoms with Gasteiger partial charge in [-0.25, -0.2) is 12.7 Å². The van der Waals surface area contributed by atoms with E-state index in [0.29, 0.717) is 19.4 Å². The van der Waals surface area contributed by atoms with Crippen LogP contribution in [0, 0.1) is 5.92 Å². The molecule has 20 heavy (non-hydrogen) atoms. The monoisotopic (exact) mass is 304 g/mol. The highest BCUT2D eigenvalue weighted by atomic mass is 32.2. The molecule has 1 aliphatic carbocycles. The highest BCUT2D eigenvalue weighted by molar-refractivity contribution is 7.88. The Morgan fingerprint density at radius 3 is 2.55 bits per heavy atom. The zero-order valence-corrected chi connectivity index (χ0v) is 12.7. The largest absolute Gasteiger partial charge is 0.391 e. The molecule has 0 aromatic heterocycles. The van der Waals surface area contributed by atoms with Gasteiger partial charge in [0.15, 0.2) is 0 Å². The molecule has 0 radical (unpaired) electrons. The van der Waals surface area contributed by atoms with Gasteiger partial charge in [0.25, 0.3) is 0 Å². The summed E-state index contributed by atoms with van der Waals surface area (Å²) in [4.78, 5) is 12.2. The standard InChI is InChI=1S/C13H24N2O4S/c1-20(18,19)15-8-4-5-10(9-15)13(17)14-11-6-2-3-7-12(11)16/h10-12,16H,2-9H2,1H3,(H,14,17). The second-order valence-electron chi connectivity index (χ2n) is 5.93. The molecule has 1 amide bonds. The van der Waals surface area contributed by atoms with Gasteiger partial charge in [-0.05, 0) is 25.7 Å². The lowest BCUT2D eigenvalue weighted by Crippen LogP contribution is -2.50. The van der Waals surface area contributed by atoms with Crippen LogP contribution in [0.2, 0.25) is 0 Å². The quantitative estimate of drug-likeness (QED) is 0.773. The summed E-state index contributed by atoms with van der Waals surface area (Å²) in [7, 11) is -3.23. The molecule has 3 atom stereocenters. The van der Waals surface area contributed by atoms with Crippen molar-refractivity contribution in [3.63, 3.8) is 0 Å². The minimum Gasteiger partial charge on any atom is -0.391 e. The molecule has 116 valence electrons. The van der Waals surface area contributed by atoms with Crippen LogP contribution >= 0.6 is 0 Å². The first-order valence-electron chi connectivity index (χ1n) is 7.31. The van der Waals surface area contributed by atoms with Gasteiger partial charge in [0, 0.05) is 13.1 Å². The first-order valence-corrected chi connectivity index (χ1v) is 9.16. The normalized spacial score (nSPS) is 32.8. The fourth-order valence-corrected chi connectivity index (χ4v) is 3.95. The Labute approximate surface area is 120 Å². The van der Waals surface area contributed by atoms with E-state index >= 15 is 0 Å². The molecule has 0 aromatic carbocycles. The number of carbonyl (C=O) groups is 1. The molecule has 2 N–H and O–H groups in total. The minimum atomic E-state index is -3.23. The summed E-state index contributed by atoms with van der Waals surface area (Å²) in [5, 5.41) is 12.8. The zero-order valence-electron chi connectivity index (χ0n) is 11.9. The molecule has 3 unspecified atom stereocenters. The summed E-state index contributed by atoms with van der Waals surface area (Å²) in [6.45, 7) is 0.752. The Hall–Kier alpha value is -0.660. The van der Waals surface area contributed by atoms with Crippen molar-refractivity contribution in [3.05, 3.63) is 0 Å². The third-order valence-electron chi connectivity index (χ3n) is 4.28. The van der Waals surface area contributed by atoms with E-state index in [2.05, 4.69) is 5.32 Å². The van der Waals surface area contributed by atoms with Crippen LogP contribution < -0.4 is 5.32 Å². The zero-order chi connectivity index (χ0) is 14.8. The van der Waals surface area contributed by atoms with Gasteiger partial charge in [0.2, 0.25) is 15.9 Å². The Morgan fingerprint density at radius 1 is 1.20 bits per heavy atom. The Balaban J connectivity index is 1.91. The van der Waals surface area contributed by atoms with Crippen molar-refractivity contribution >= 4 is 15.9 Å². The highest BCUT2D eigenvalue weighted by Crippen LogP contribution is 2.22. The first kappa shape index (κ1) is 15.7. The highest BCUT2D eigenvalue weighted by Gasteiger charge is 2.32. The third-order valence-corrected chi connectivity index (χ3v) is 5.55. The van der Waals surface area contributed by atoms with Crippen LogP contribution in [0.15, 0.2) is 0 Å². The van der Waals surface area contributed by atoms with Crippen LogP contribution in [-0.4, -0.2) is 55.2 Å². The van der Waals surface area contributed by atoms with E-state index in [1.165, 1.54) is 10.6 Å². The first-order chi connectivity index (χ1) is 9.38. The van der Waals surface area contributed by atoms with Crippen LogP contribution in [0.25, 0.3) is 0 Å². The summed E-state index contributed by atoms with van der Waals surface area (Å²) in [6, 6.07) is -0.176. The fraction of sp³-hybridized carbons (Fsp3) is 0.923. The molecular formula is C13H24N2O4S. The predicted octanol–water partition coefficient (Wildman–Crippen LogP) is 0.0777. The van der Waals surface area contributed by atoms with Crippen LogP contribution in [0.5, 0.6) is 0 Å². The van der Waals surface area contributed by atoms with Gasteiger partial charge >= 0.3 is 0 Å². The molecule has 1 saturated heterocycles. The van der Waals surface area contributed by atoms with E-state index in [4.69, 9.17) is 0 Å². The van der Waals surface area contributed by atoms with Crippen molar-refractivity contribution in [2.75, 3.05) is 19.3 Å². The van der Waals surface area contributed by atoms with Crippen molar-refractivity contribution in [2.45, 2.75) is 50.7 Å². The second-order valence-corrected chi connectivity index (χ2v) is 7.91. The maximum atomic E-state index is 12.2. The molecule has 2 aliphatic rings. The van der Waals surface area contributed by atoms with Gasteiger partial charge in [-0.3, -0.25) is 4.79 Å².